The molecular formula is C15H28F2N2O2. The van der Waals surface area contributed by atoms with E-state index >= 15 is 0 Å². The maximum Gasteiger partial charge on any atom is 0.407 e. The highest BCUT2D eigenvalue weighted by atomic mass is 19.3. The van der Waals surface area contributed by atoms with Crippen LogP contribution in [0.3, 0.4) is 0 Å². The maximum absolute atomic E-state index is 13.3. The molecule has 1 amide bonds. The molecule has 0 aromatic heterocycles. The average molecular weight is 306 g/mol. The van der Waals surface area contributed by atoms with Crippen molar-refractivity contribution in [3.05, 3.63) is 0 Å². The summed E-state index contributed by atoms with van der Waals surface area (Å²) in [6, 6.07) is -0.386. The first kappa shape index (κ1) is 18.1. The van der Waals surface area contributed by atoms with E-state index in [1.165, 1.54) is 0 Å². The third kappa shape index (κ3) is 5.41. The van der Waals surface area contributed by atoms with Crippen LogP contribution >= 0.6 is 0 Å². The van der Waals surface area contributed by atoms with E-state index in [2.05, 4.69) is 5.32 Å². The largest absolute Gasteiger partial charge is 0.444 e. The summed E-state index contributed by atoms with van der Waals surface area (Å²) in [6.45, 7) is 9.16. The number of hydrogen-bond acceptors (Lipinski definition) is 3. The predicted octanol–water partition coefficient (Wildman–Crippen LogP) is 3.44. The van der Waals surface area contributed by atoms with E-state index in [0.29, 0.717) is 0 Å². The van der Waals surface area contributed by atoms with Gasteiger partial charge in [0.2, 0.25) is 5.92 Å². The molecule has 0 aromatic rings. The van der Waals surface area contributed by atoms with Crippen molar-refractivity contribution >= 4 is 6.09 Å². The van der Waals surface area contributed by atoms with Crippen molar-refractivity contribution < 1.29 is 18.3 Å². The normalized spacial score (nSPS) is 22.7. The quantitative estimate of drug-likeness (QED) is 0.839. The highest BCUT2D eigenvalue weighted by Gasteiger charge is 2.46. The lowest BCUT2D eigenvalue weighted by molar-refractivity contribution is -0.0577. The van der Waals surface area contributed by atoms with Crippen molar-refractivity contribution in [2.45, 2.75) is 83.4 Å². The van der Waals surface area contributed by atoms with E-state index in [1.54, 1.807) is 20.8 Å². The molecule has 124 valence electrons. The van der Waals surface area contributed by atoms with Crippen LogP contribution in [0.5, 0.6) is 0 Å². The summed E-state index contributed by atoms with van der Waals surface area (Å²) < 4.78 is 31.9. The van der Waals surface area contributed by atoms with E-state index < -0.39 is 23.2 Å². The molecule has 4 nitrogen and oxygen atoms in total. The molecule has 1 atom stereocenters. The zero-order valence-electron chi connectivity index (χ0n) is 13.6. The van der Waals surface area contributed by atoms with E-state index in [-0.39, 0.29) is 37.6 Å². The van der Waals surface area contributed by atoms with E-state index in [9.17, 15) is 13.6 Å². The fraction of sp³-hybridized carbons (Fsp3) is 0.933. The van der Waals surface area contributed by atoms with Crippen LogP contribution in [0.15, 0.2) is 0 Å². The molecule has 0 saturated heterocycles. The highest BCUT2D eigenvalue weighted by molar-refractivity contribution is 5.68. The molecular weight excluding hydrogens is 278 g/mol. The van der Waals surface area contributed by atoms with Crippen LogP contribution in [0.2, 0.25) is 0 Å². The number of alkyl halides is 2. The van der Waals surface area contributed by atoms with Gasteiger partial charge in [0.15, 0.2) is 0 Å². The predicted molar refractivity (Wildman–Crippen MR) is 78.3 cm³/mol. The number of alkyl carbamates (subject to hydrolysis) is 1. The Morgan fingerprint density at radius 3 is 2.05 bits per heavy atom. The standard InChI is InChI=1S/C15H28F2N2O2/c1-10(2)11(19-12(20)21-13(3,4)5)14(18)6-8-15(16,17)9-7-14/h10-11H,6-9,18H2,1-5H3,(H,19,20). The van der Waals surface area contributed by atoms with Crippen LogP contribution < -0.4 is 11.1 Å². The number of amides is 1. The highest BCUT2D eigenvalue weighted by Crippen LogP contribution is 2.40. The molecule has 1 aliphatic carbocycles. The van der Waals surface area contributed by atoms with Gasteiger partial charge in [-0.25, -0.2) is 13.6 Å². The lowest BCUT2D eigenvalue weighted by Crippen LogP contribution is -2.63. The molecule has 1 saturated carbocycles. The number of nitrogens with one attached hydrogen (secondary N) is 1. The topological polar surface area (TPSA) is 64.3 Å². The first-order valence-electron chi connectivity index (χ1n) is 7.51. The van der Waals surface area contributed by atoms with E-state index in [4.69, 9.17) is 10.5 Å². The SMILES string of the molecule is CC(C)C(NC(=O)OC(C)(C)C)C1(N)CCC(F)(F)CC1. The molecule has 0 spiro atoms. The Bertz CT molecular complexity index is 368. The third-order valence-electron chi connectivity index (χ3n) is 3.87. The molecule has 1 unspecified atom stereocenters. The minimum atomic E-state index is -2.64. The van der Waals surface area contributed by atoms with E-state index in [0.717, 1.165) is 0 Å². The molecule has 1 aliphatic rings. The number of carbonyl (C=O) groups excluding carboxylic acids is 1. The summed E-state index contributed by atoms with van der Waals surface area (Å²) in [4.78, 5) is 11.9. The monoisotopic (exact) mass is 306 g/mol. The number of halogens is 2. The second kappa shape index (κ2) is 6.07. The minimum absolute atomic E-state index is 0.0363. The van der Waals surface area contributed by atoms with Gasteiger partial charge in [0.1, 0.15) is 5.60 Å². The van der Waals surface area contributed by atoms with Crippen molar-refractivity contribution in [1.29, 1.82) is 0 Å². The van der Waals surface area contributed by atoms with Gasteiger partial charge in [-0.2, -0.15) is 0 Å². The van der Waals surface area contributed by atoms with Gasteiger partial charge in [-0.1, -0.05) is 13.8 Å². The Morgan fingerprint density at radius 1 is 1.19 bits per heavy atom. The Hall–Kier alpha value is -0.910. The number of rotatable bonds is 3. The fourth-order valence-electron chi connectivity index (χ4n) is 2.80. The Labute approximate surface area is 125 Å². The van der Waals surface area contributed by atoms with Crippen molar-refractivity contribution in [1.82, 2.24) is 5.32 Å². The lowest BCUT2D eigenvalue weighted by Gasteiger charge is -2.44. The van der Waals surface area contributed by atoms with Crippen molar-refractivity contribution in [2.75, 3.05) is 0 Å². The third-order valence-corrected chi connectivity index (χ3v) is 3.87. The number of hydrogen-bond donors (Lipinski definition) is 2. The van der Waals surface area contributed by atoms with Gasteiger partial charge < -0.3 is 15.8 Å². The summed E-state index contributed by atoms with van der Waals surface area (Å²) in [6.07, 6.45) is -0.633. The molecule has 0 heterocycles. The Balaban J connectivity index is 2.76. The van der Waals surface area contributed by atoms with Gasteiger partial charge >= 0.3 is 6.09 Å². The molecule has 3 N–H and O–H groups in total. The van der Waals surface area contributed by atoms with Crippen LogP contribution in [-0.4, -0.2) is 29.2 Å². The molecule has 0 aromatic carbocycles. The molecule has 1 fully saturated rings. The summed E-state index contributed by atoms with van der Waals surface area (Å²) in [5, 5.41) is 2.78. The zero-order chi connectivity index (χ0) is 16.5. The maximum atomic E-state index is 13.3. The minimum Gasteiger partial charge on any atom is -0.444 e. The second-order valence-electron chi connectivity index (χ2n) is 7.46. The second-order valence-corrected chi connectivity index (χ2v) is 7.46. The van der Waals surface area contributed by atoms with Crippen LogP contribution in [0.1, 0.15) is 60.3 Å². The number of nitrogens with two attached hydrogens (primary N) is 1. The van der Waals surface area contributed by atoms with Crippen LogP contribution in [0.4, 0.5) is 13.6 Å². The lowest BCUT2D eigenvalue weighted by atomic mass is 9.72. The van der Waals surface area contributed by atoms with Crippen LogP contribution in [0, 0.1) is 5.92 Å². The van der Waals surface area contributed by atoms with Gasteiger partial charge in [0, 0.05) is 18.4 Å². The molecule has 21 heavy (non-hydrogen) atoms. The molecule has 0 aliphatic heterocycles. The average Bonchev–Trinajstić information content (AvgIpc) is 2.28. The van der Waals surface area contributed by atoms with Gasteiger partial charge in [-0.15, -0.1) is 0 Å². The fourth-order valence-corrected chi connectivity index (χ4v) is 2.80. The molecule has 6 heteroatoms. The van der Waals surface area contributed by atoms with E-state index in [1.807, 2.05) is 13.8 Å². The Morgan fingerprint density at radius 2 is 1.67 bits per heavy atom. The first-order valence-corrected chi connectivity index (χ1v) is 7.51. The number of ether oxygens (including phenoxy) is 1. The summed E-state index contributed by atoms with van der Waals surface area (Å²) in [5.41, 5.74) is 4.92. The molecule has 0 radical (unpaired) electrons. The van der Waals surface area contributed by atoms with Crippen molar-refractivity contribution in [3.8, 4) is 0 Å². The van der Waals surface area contributed by atoms with Crippen LogP contribution in [0.25, 0.3) is 0 Å². The van der Waals surface area contributed by atoms with Gasteiger partial charge in [0.05, 0.1) is 6.04 Å². The zero-order valence-corrected chi connectivity index (χ0v) is 13.6. The van der Waals surface area contributed by atoms with Crippen LogP contribution in [-0.2, 0) is 4.74 Å². The summed E-state index contributed by atoms with van der Waals surface area (Å²) in [7, 11) is 0. The van der Waals surface area contributed by atoms with Gasteiger partial charge in [-0.3, -0.25) is 0 Å². The Kier molecular flexibility index (Phi) is 5.24. The van der Waals surface area contributed by atoms with Gasteiger partial charge in [-0.05, 0) is 39.5 Å². The summed E-state index contributed by atoms with van der Waals surface area (Å²) >= 11 is 0. The number of carbonyl (C=O) groups is 1. The smallest absolute Gasteiger partial charge is 0.407 e. The molecule has 1 rings (SSSR count). The van der Waals surface area contributed by atoms with Gasteiger partial charge in [0.25, 0.3) is 0 Å². The molecule has 0 bridgehead atoms. The van der Waals surface area contributed by atoms with Crippen molar-refractivity contribution in [3.63, 3.8) is 0 Å². The summed E-state index contributed by atoms with van der Waals surface area (Å²) in [5.74, 6) is -2.61. The van der Waals surface area contributed by atoms with Crippen molar-refractivity contribution in [2.24, 2.45) is 11.7 Å². The first-order chi connectivity index (χ1) is 9.35.